The van der Waals surface area contributed by atoms with E-state index >= 15 is 0 Å². The van der Waals surface area contributed by atoms with Crippen molar-refractivity contribution in [3.63, 3.8) is 0 Å². The number of fused-ring (bicyclic) bond motifs is 8. The Labute approximate surface area is 277 Å². The lowest BCUT2D eigenvalue weighted by Crippen LogP contribution is -2.71. The molecule has 4 atom stereocenters. The minimum Gasteiger partial charge on any atom is -0.496 e. The molecule has 4 fully saturated rings. The van der Waals surface area contributed by atoms with E-state index in [1.165, 1.54) is 38.9 Å². The number of carbonyl (C=O) groups is 2. The zero-order valence-corrected chi connectivity index (χ0v) is 28.6. The Morgan fingerprint density at radius 1 is 1.09 bits per heavy atom. The fourth-order valence-corrected chi connectivity index (χ4v) is 9.79. The summed E-state index contributed by atoms with van der Waals surface area (Å²) < 4.78 is 37.0. The first-order valence-corrected chi connectivity index (χ1v) is 18.7. The maximum Gasteiger partial charge on any atom is 0.303 e. The number of aromatic nitrogens is 1. The number of methoxy groups -OCH3 is 1. The van der Waals surface area contributed by atoms with E-state index in [2.05, 4.69) is 56.4 Å². The van der Waals surface area contributed by atoms with Crippen molar-refractivity contribution in [1.29, 1.82) is 0 Å². The van der Waals surface area contributed by atoms with Gasteiger partial charge in [-0.2, -0.15) is 12.7 Å². The van der Waals surface area contributed by atoms with Crippen LogP contribution in [0.5, 0.6) is 5.75 Å². The molecule has 2 bridgehead atoms. The van der Waals surface area contributed by atoms with Crippen LogP contribution in [-0.2, 0) is 26.3 Å². The molecule has 47 heavy (non-hydrogen) atoms. The van der Waals surface area contributed by atoms with Gasteiger partial charge in [0.1, 0.15) is 5.75 Å². The highest BCUT2D eigenvalue weighted by atomic mass is 32.2. The second-order valence-corrected chi connectivity index (χ2v) is 16.3. The predicted molar refractivity (Wildman–Crippen MR) is 180 cm³/mol. The second kappa shape index (κ2) is 11.3. The van der Waals surface area contributed by atoms with E-state index in [1.807, 2.05) is 0 Å². The molecule has 250 valence electrons. The van der Waals surface area contributed by atoms with E-state index in [1.54, 1.807) is 7.11 Å². The molecule has 3 aliphatic carbocycles. The summed E-state index contributed by atoms with van der Waals surface area (Å²) in [6.45, 7) is 5.45. The number of amides is 2. The number of hydrogen-bond donors (Lipinski definition) is 1. The second-order valence-electron chi connectivity index (χ2n) is 14.4. The molecule has 1 aromatic heterocycles. The summed E-state index contributed by atoms with van der Waals surface area (Å²) in [4.78, 5) is 32.9. The highest BCUT2D eigenvalue weighted by Gasteiger charge is 2.52. The Kier molecular flexibility index (Phi) is 7.46. The van der Waals surface area contributed by atoms with Crippen LogP contribution < -0.4 is 9.46 Å². The van der Waals surface area contributed by atoms with Gasteiger partial charge in [0.05, 0.1) is 24.1 Å². The van der Waals surface area contributed by atoms with Crippen molar-refractivity contribution < 1.29 is 22.7 Å². The molecule has 0 spiro atoms. The quantitative estimate of drug-likeness (QED) is 0.478. The molecule has 11 heteroatoms. The van der Waals surface area contributed by atoms with Gasteiger partial charge in [0.2, 0.25) is 5.91 Å². The first-order chi connectivity index (χ1) is 22.6. The fourth-order valence-electron chi connectivity index (χ4n) is 9.27. The van der Waals surface area contributed by atoms with E-state index < -0.39 is 16.1 Å². The number of nitrogens with zero attached hydrogens (tertiary/aromatic N) is 4. The highest BCUT2D eigenvalue weighted by Crippen LogP contribution is 2.56. The molecule has 10 nitrogen and oxygen atoms in total. The molecule has 4 aliphatic heterocycles. The lowest BCUT2D eigenvalue weighted by molar-refractivity contribution is -0.158. The molecule has 2 amide bonds. The van der Waals surface area contributed by atoms with Crippen LogP contribution in [0.4, 0.5) is 0 Å². The topological polar surface area (TPSA) is 104 Å². The van der Waals surface area contributed by atoms with Crippen molar-refractivity contribution in [3.8, 4) is 5.75 Å². The Morgan fingerprint density at radius 3 is 2.51 bits per heavy atom. The summed E-state index contributed by atoms with van der Waals surface area (Å²) in [5.74, 6) is 0.225. The number of piperidine rings is 1. The average Bonchev–Trinajstić information content (AvgIpc) is 3.70. The molecular formula is C36H45N5O5S. The van der Waals surface area contributed by atoms with Crippen LogP contribution in [0.15, 0.2) is 52.6 Å². The molecule has 3 saturated heterocycles. The summed E-state index contributed by atoms with van der Waals surface area (Å²) in [5.41, 5.74) is 6.53. The third-order valence-corrected chi connectivity index (χ3v) is 13.1. The van der Waals surface area contributed by atoms with Crippen molar-refractivity contribution in [2.75, 3.05) is 40.8 Å². The molecule has 1 saturated carbocycles. The van der Waals surface area contributed by atoms with Crippen LogP contribution in [0.1, 0.15) is 75.0 Å². The van der Waals surface area contributed by atoms with Gasteiger partial charge in [-0.25, -0.2) is 4.72 Å². The van der Waals surface area contributed by atoms with E-state index in [0.717, 1.165) is 82.3 Å². The summed E-state index contributed by atoms with van der Waals surface area (Å²) >= 11 is 0. The fraction of sp³-hybridized carbons (Fsp3) is 0.556. The minimum atomic E-state index is -3.97. The Bertz CT molecular complexity index is 1870. The Hall–Kier alpha value is -3.41. The Morgan fingerprint density at radius 2 is 1.83 bits per heavy atom. The molecular weight excluding hydrogens is 614 g/mol. The van der Waals surface area contributed by atoms with Crippen LogP contribution in [0.2, 0.25) is 0 Å². The predicted octanol–water partition coefficient (Wildman–Crippen LogP) is 4.21. The van der Waals surface area contributed by atoms with Crippen molar-refractivity contribution in [2.24, 2.45) is 5.92 Å². The van der Waals surface area contributed by atoms with Crippen LogP contribution in [0, 0.1) is 5.92 Å². The lowest BCUT2D eigenvalue weighted by Gasteiger charge is -2.57. The van der Waals surface area contributed by atoms with Gasteiger partial charge in [-0.15, -0.1) is 0 Å². The van der Waals surface area contributed by atoms with E-state index in [-0.39, 0.29) is 29.8 Å². The number of piperazine rings is 1. The zero-order valence-electron chi connectivity index (χ0n) is 27.8. The number of nitrogens with one attached hydrogen (secondary N) is 1. The SMILES string of the molecule is CCN1CC2CC(C1)N2C(=O)[C@@H]1CC=CC2=C3C(=C3C(=O)NS(=O)(=O)N(C)C)Cn3c(cc4c(OC)ccc(C5CCCCC5)c43)C21. The van der Waals surface area contributed by atoms with Gasteiger partial charge in [0.15, 0.2) is 0 Å². The van der Waals surface area contributed by atoms with Gasteiger partial charge in [0.25, 0.3) is 5.91 Å². The lowest BCUT2D eigenvalue weighted by atomic mass is 9.74. The van der Waals surface area contributed by atoms with Gasteiger partial charge in [-0.1, -0.05) is 44.4 Å². The number of benzene rings is 1. The third-order valence-electron chi connectivity index (χ3n) is 11.7. The van der Waals surface area contributed by atoms with E-state index in [0.29, 0.717) is 24.5 Å². The maximum absolute atomic E-state index is 14.7. The maximum atomic E-state index is 14.7. The van der Waals surface area contributed by atoms with Crippen LogP contribution in [-0.4, -0.2) is 91.8 Å². The number of hydrogen-bond acceptors (Lipinski definition) is 6. The van der Waals surface area contributed by atoms with Crippen LogP contribution >= 0.6 is 0 Å². The van der Waals surface area contributed by atoms with Gasteiger partial charge in [0, 0.05) is 62.8 Å². The standard InChI is InChI=1S/C36H45N5O5S/c1-5-39-18-22-16-23(19-39)41(22)36(43)26-13-9-12-25-31(26)29-17-27-30(46-4)15-14-24(21-10-7-6-8-11-21)34(27)40(29)20-28-32(25)33(28)35(42)37-47(44,45)38(2)3/h9,12,14-15,17,21-23,26,31H,5-8,10-11,13,16,18-20H2,1-4H3,(H,37,42)/t22?,23?,26-,31?/m1/s1. The normalized spacial score (nSPS) is 27.3. The van der Waals surface area contributed by atoms with Gasteiger partial charge >= 0.3 is 10.2 Å². The van der Waals surface area contributed by atoms with Crippen molar-refractivity contribution in [3.05, 3.63) is 63.9 Å². The molecule has 1 N–H and O–H groups in total. The van der Waals surface area contributed by atoms with E-state index in [4.69, 9.17) is 4.74 Å². The minimum absolute atomic E-state index is 0.191. The molecule has 9 rings (SSSR count). The number of ether oxygens (including phenoxy) is 1. The smallest absolute Gasteiger partial charge is 0.303 e. The van der Waals surface area contributed by atoms with Crippen LogP contribution in [0.25, 0.3) is 10.9 Å². The van der Waals surface area contributed by atoms with Crippen molar-refractivity contribution in [2.45, 2.75) is 82.3 Å². The number of rotatable bonds is 7. The average molecular weight is 660 g/mol. The summed E-state index contributed by atoms with van der Waals surface area (Å²) in [6.07, 6.45) is 11.8. The zero-order chi connectivity index (χ0) is 32.8. The number of likely N-dealkylation sites (N-methyl/N-ethyl adjacent to an activating group) is 1. The first-order valence-electron chi connectivity index (χ1n) is 17.3. The van der Waals surface area contributed by atoms with Crippen LogP contribution in [0.3, 0.4) is 0 Å². The van der Waals surface area contributed by atoms with Crippen molar-refractivity contribution in [1.82, 2.24) is 23.4 Å². The third kappa shape index (κ3) is 4.83. The van der Waals surface area contributed by atoms with Crippen molar-refractivity contribution >= 4 is 32.9 Å². The summed E-state index contributed by atoms with van der Waals surface area (Å²) in [5, 5.41) is 1.04. The van der Waals surface area contributed by atoms with Gasteiger partial charge < -0.3 is 14.2 Å². The monoisotopic (exact) mass is 659 g/mol. The highest BCUT2D eigenvalue weighted by molar-refractivity contribution is 7.87. The first kappa shape index (κ1) is 30.9. The number of carbonyl (C=O) groups excluding carboxylic acids is 2. The molecule has 2 aromatic rings. The van der Waals surface area contributed by atoms with E-state index in [9.17, 15) is 18.0 Å². The molecule has 3 unspecified atom stereocenters. The molecule has 7 aliphatic rings. The van der Waals surface area contributed by atoms with Gasteiger partial charge in [-0.05, 0) is 72.6 Å². The summed E-state index contributed by atoms with van der Waals surface area (Å²) in [6, 6.07) is 7.02. The molecule has 5 heterocycles. The summed E-state index contributed by atoms with van der Waals surface area (Å²) in [7, 11) is 0.535. The largest absolute Gasteiger partial charge is 0.496 e. The van der Waals surface area contributed by atoms with Gasteiger partial charge in [-0.3, -0.25) is 14.5 Å². The molecule has 0 radical (unpaired) electrons. The molecule has 1 aromatic carbocycles. The number of allylic oxidation sites excluding steroid dienone is 4. The Balaban J connectivity index is 1.28.